The van der Waals surface area contributed by atoms with Crippen molar-refractivity contribution in [3.63, 3.8) is 0 Å². The second kappa shape index (κ2) is 12.0. The van der Waals surface area contributed by atoms with Gasteiger partial charge in [-0.1, -0.05) is 119 Å². The van der Waals surface area contributed by atoms with Crippen molar-refractivity contribution in [2.24, 2.45) is 0 Å². The first-order chi connectivity index (χ1) is 22.8. The molecule has 0 fully saturated rings. The first kappa shape index (κ1) is 29.0. The molecule has 0 saturated carbocycles. The second-order valence-electron chi connectivity index (χ2n) is 11.6. The molecule has 0 aliphatic heterocycles. The summed E-state index contributed by atoms with van der Waals surface area (Å²) in [6.07, 6.45) is 3.73. The summed E-state index contributed by atoms with van der Waals surface area (Å²) < 4.78 is 0. The number of fused-ring (bicyclic) bond motifs is 5. The maximum absolute atomic E-state index is 4.90. The quantitative estimate of drug-likeness (QED) is 0.129. The van der Waals surface area contributed by atoms with E-state index in [0.29, 0.717) is 0 Å². The van der Waals surface area contributed by atoms with Crippen LogP contribution >= 0.6 is 0 Å². The Morgan fingerprint density at radius 3 is 1.94 bits per heavy atom. The molecule has 0 saturated heterocycles. The average Bonchev–Trinajstić information content (AvgIpc) is 3.14. The van der Waals surface area contributed by atoms with Crippen molar-refractivity contribution >= 4 is 64.6 Å². The molecule has 8 aromatic carbocycles. The summed E-state index contributed by atoms with van der Waals surface area (Å²) in [6, 6.07) is 57.7. The number of nitrogens with zero attached hydrogens (tertiary/aromatic N) is 2. The molecule has 0 atom stereocenters. The van der Waals surface area contributed by atoms with Crippen LogP contribution in [-0.2, 0) is 20.1 Å². The van der Waals surface area contributed by atoms with Crippen LogP contribution in [0.4, 0.5) is 0 Å². The standard InChI is InChI=1S/C33H18N.C11H8N.Ir/c1-2-7-24-20(4-1)10-13-26-25(24)16-17-29-27(26)18-19-34-33(29)30-15-12-23-9-8-21-5-3-6-22-11-14-28(30)32(23)31(21)22;1-2-6-10(7-3-1)11-8-4-5-9-12-11;/h1-14,16-19H;1-6,8-9H;/q2*-1;. The van der Waals surface area contributed by atoms with Crippen LogP contribution in [0.25, 0.3) is 87.1 Å². The van der Waals surface area contributed by atoms with Crippen molar-refractivity contribution in [2.75, 3.05) is 0 Å². The molecule has 2 aromatic heterocycles. The van der Waals surface area contributed by atoms with Crippen molar-refractivity contribution in [3.05, 3.63) is 170 Å². The maximum Gasteiger partial charge on any atom is 0.0167 e. The Kier molecular flexibility index (Phi) is 7.42. The Morgan fingerprint density at radius 2 is 1.09 bits per heavy atom. The largest absolute Gasteiger partial charge is 0.305 e. The minimum atomic E-state index is 0. The molecule has 10 rings (SSSR count). The van der Waals surface area contributed by atoms with Crippen molar-refractivity contribution < 1.29 is 20.1 Å². The summed E-state index contributed by atoms with van der Waals surface area (Å²) >= 11 is 0. The van der Waals surface area contributed by atoms with Crippen molar-refractivity contribution in [1.82, 2.24) is 9.97 Å². The molecule has 0 aliphatic rings. The van der Waals surface area contributed by atoms with Crippen LogP contribution < -0.4 is 0 Å². The normalized spacial score (nSPS) is 11.2. The van der Waals surface area contributed by atoms with Gasteiger partial charge in [0.15, 0.2) is 0 Å². The molecule has 0 spiro atoms. The van der Waals surface area contributed by atoms with E-state index >= 15 is 0 Å². The number of aromatic nitrogens is 2. The van der Waals surface area contributed by atoms with Gasteiger partial charge in [0, 0.05) is 32.5 Å². The molecule has 223 valence electrons. The maximum atomic E-state index is 4.90. The van der Waals surface area contributed by atoms with Gasteiger partial charge in [-0.25, -0.2) is 0 Å². The van der Waals surface area contributed by atoms with E-state index in [1.54, 1.807) is 6.20 Å². The molecule has 3 heteroatoms. The van der Waals surface area contributed by atoms with Gasteiger partial charge in [-0.2, -0.15) is 0 Å². The fraction of sp³-hybridized carbons (Fsp3) is 0. The van der Waals surface area contributed by atoms with E-state index in [2.05, 4.69) is 120 Å². The minimum Gasteiger partial charge on any atom is -0.305 e. The van der Waals surface area contributed by atoms with Crippen LogP contribution in [-0.4, -0.2) is 9.97 Å². The summed E-state index contributed by atoms with van der Waals surface area (Å²) in [4.78, 5) is 9.12. The number of hydrogen-bond donors (Lipinski definition) is 0. The van der Waals surface area contributed by atoms with E-state index in [9.17, 15) is 0 Å². The summed E-state index contributed by atoms with van der Waals surface area (Å²) in [7, 11) is 0. The van der Waals surface area contributed by atoms with E-state index in [1.807, 2.05) is 48.7 Å². The third-order valence-electron chi connectivity index (χ3n) is 9.00. The van der Waals surface area contributed by atoms with Gasteiger partial charge in [0.05, 0.1) is 0 Å². The van der Waals surface area contributed by atoms with E-state index in [0.717, 1.165) is 27.9 Å². The Bertz CT molecular complexity index is 2630. The first-order valence-corrected chi connectivity index (χ1v) is 15.5. The Balaban J connectivity index is 0.000000212. The molecule has 2 nitrogen and oxygen atoms in total. The summed E-state index contributed by atoms with van der Waals surface area (Å²) in [6.45, 7) is 0. The van der Waals surface area contributed by atoms with Crippen molar-refractivity contribution in [3.8, 4) is 22.5 Å². The molecule has 0 unspecified atom stereocenters. The molecule has 0 aliphatic carbocycles. The smallest absolute Gasteiger partial charge is 0.0167 e. The van der Waals surface area contributed by atoms with Gasteiger partial charge >= 0.3 is 0 Å². The Morgan fingerprint density at radius 1 is 0.404 bits per heavy atom. The van der Waals surface area contributed by atoms with Crippen LogP contribution in [0.15, 0.2) is 158 Å². The predicted molar refractivity (Wildman–Crippen MR) is 193 cm³/mol. The zero-order valence-electron chi connectivity index (χ0n) is 25.2. The van der Waals surface area contributed by atoms with Crippen molar-refractivity contribution in [1.29, 1.82) is 0 Å². The monoisotopic (exact) mass is 775 g/mol. The van der Waals surface area contributed by atoms with Gasteiger partial charge in [-0.05, 0) is 72.0 Å². The van der Waals surface area contributed by atoms with Crippen LogP contribution in [0, 0.1) is 12.1 Å². The topological polar surface area (TPSA) is 25.8 Å². The number of rotatable bonds is 2. The minimum absolute atomic E-state index is 0. The van der Waals surface area contributed by atoms with E-state index in [1.165, 1.54) is 59.2 Å². The van der Waals surface area contributed by atoms with Crippen LogP contribution in [0.2, 0.25) is 0 Å². The van der Waals surface area contributed by atoms with Gasteiger partial charge in [0.1, 0.15) is 0 Å². The first-order valence-electron chi connectivity index (χ1n) is 15.5. The average molecular weight is 775 g/mol. The molecule has 2 heterocycles. The van der Waals surface area contributed by atoms with E-state index < -0.39 is 0 Å². The third-order valence-corrected chi connectivity index (χ3v) is 9.00. The predicted octanol–water partition coefficient (Wildman–Crippen LogP) is 11.5. The van der Waals surface area contributed by atoms with Gasteiger partial charge in [0.25, 0.3) is 0 Å². The zero-order valence-corrected chi connectivity index (χ0v) is 27.6. The van der Waals surface area contributed by atoms with E-state index in [4.69, 9.17) is 4.98 Å². The van der Waals surface area contributed by atoms with Crippen molar-refractivity contribution in [2.45, 2.75) is 0 Å². The molecule has 1 radical (unpaired) electrons. The van der Waals surface area contributed by atoms with Crippen LogP contribution in [0.3, 0.4) is 0 Å². The second-order valence-corrected chi connectivity index (χ2v) is 11.6. The zero-order chi connectivity index (χ0) is 30.5. The Hall–Kier alpha value is -5.47. The fourth-order valence-electron chi connectivity index (χ4n) is 6.89. The molecular weight excluding hydrogens is 749 g/mol. The summed E-state index contributed by atoms with van der Waals surface area (Å²) in [5.41, 5.74) is 4.07. The van der Waals surface area contributed by atoms with Gasteiger partial charge in [-0.15, -0.1) is 53.6 Å². The van der Waals surface area contributed by atoms with Crippen LogP contribution in [0.1, 0.15) is 0 Å². The SMILES string of the molecule is [Ir].[c-]1cc2ccc3cccc4ccc(c1-c1nccc5c1ccc1c6ccccc6ccc51)c2c34.[c-]1ccccc1-c1ccccn1. The van der Waals surface area contributed by atoms with Crippen LogP contribution in [0.5, 0.6) is 0 Å². The number of benzene rings is 8. The molecule has 47 heavy (non-hydrogen) atoms. The molecule has 0 N–H and O–H groups in total. The van der Waals surface area contributed by atoms with Gasteiger partial charge < -0.3 is 9.97 Å². The summed E-state index contributed by atoms with van der Waals surface area (Å²) in [5, 5.41) is 15.1. The fourth-order valence-corrected chi connectivity index (χ4v) is 6.89. The molecule has 0 bridgehead atoms. The molecule has 0 amide bonds. The Labute approximate surface area is 286 Å². The molecule has 10 aromatic rings. The number of pyridine rings is 2. The number of hydrogen-bond acceptors (Lipinski definition) is 2. The van der Waals surface area contributed by atoms with E-state index in [-0.39, 0.29) is 20.1 Å². The molecular formula is C44H26IrN2-2. The summed E-state index contributed by atoms with van der Waals surface area (Å²) in [5.74, 6) is 0. The third kappa shape index (κ3) is 4.92. The van der Waals surface area contributed by atoms with Gasteiger partial charge in [-0.3, -0.25) is 0 Å². The van der Waals surface area contributed by atoms with Gasteiger partial charge in [0.2, 0.25) is 0 Å².